The third kappa shape index (κ3) is 3.26. The number of benzene rings is 2. The van der Waals surface area contributed by atoms with E-state index in [4.69, 9.17) is 16.4 Å². The van der Waals surface area contributed by atoms with Gasteiger partial charge in [-0.15, -0.1) is 0 Å². The Morgan fingerprint density at radius 2 is 2.00 bits per heavy atom. The van der Waals surface area contributed by atoms with E-state index in [1.165, 1.54) is 6.07 Å². The molecule has 0 aliphatic carbocycles. The smallest absolute Gasteiger partial charge is 0.267 e. The number of nitrogens with one attached hydrogen (secondary N) is 1. The van der Waals surface area contributed by atoms with E-state index in [0.717, 1.165) is 5.56 Å². The number of rotatable bonds is 4. The third-order valence-electron chi connectivity index (χ3n) is 3.92. The molecule has 0 radical (unpaired) electrons. The predicted molar refractivity (Wildman–Crippen MR) is 90.3 cm³/mol. The van der Waals surface area contributed by atoms with Crippen molar-refractivity contribution in [2.45, 2.75) is 25.5 Å². The molecule has 6 heteroatoms. The van der Waals surface area contributed by atoms with Crippen LogP contribution >= 0.6 is 11.6 Å². The summed E-state index contributed by atoms with van der Waals surface area (Å²) < 4.78 is 13.6. The van der Waals surface area contributed by atoms with Crippen LogP contribution in [-0.4, -0.2) is 17.2 Å². The van der Waals surface area contributed by atoms with Crippen molar-refractivity contribution in [1.29, 1.82) is 0 Å². The lowest BCUT2D eigenvalue weighted by atomic mass is 9.95. The molecule has 1 aliphatic rings. The molecule has 0 spiro atoms. The molecule has 124 valence electrons. The van der Waals surface area contributed by atoms with Crippen molar-refractivity contribution >= 4 is 23.2 Å². The van der Waals surface area contributed by atoms with Crippen LogP contribution in [0.3, 0.4) is 0 Å². The van der Waals surface area contributed by atoms with Crippen LogP contribution in [0.15, 0.2) is 53.7 Å². The van der Waals surface area contributed by atoms with Gasteiger partial charge in [0, 0.05) is 29.1 Å². The minimum absolute atomic E-state index is 0.0892. The Morgan fingerprint density at radius 1 is 1.29 bits per heavy atom. The summed E-state index contributed by atoms with van der Waals surface area (Å²) in [4.78, 5) is 17.8. The molecule has 0 bridgehead atoms. The molecule has 1 amide bonds. The van der Waals surface area contributed by atoms with E-state index >= 15 is 0 Å². The van der Waals surface area contributed by atoms with E-state index in [-0.39, 0.29) is 18.3 Å². The van der Waals surface area contributed by atoms with E-state index in [1.54, 1.807) is 31.2 Å². The van der Waals surface area contributed by atoms with E-state index < -0.39 is 5.60 Å². The number of hydrogen-bond acceptors (Lipinski definition) is 3. The second-order valence-corrected chi connectivity index (χ2v) is 6.20. The highest BCUT2D eigenvalue weighted by molar-refractivity contribution is 6.34. The van der Waals surface area contributed by atoms with Crippen LogP contribution in [0.2, 0.25) is 5.02 Å². The maximum atomic E-state index is 13.6. The number of nitrogens with zero attached hydrogens (tertiary/aromatic N) is 1. The van der Waals surface area contributed by atoms with Crippen molar-refractivity contribution in [3.8, 4) is 0 Å². The van der Waals surface area contributed by atoms with Crippen LogP contribution in [0.1, 0.15) is 24.5 Å². The Bertz CT molecular complexity index is 809. The normalized spacial score (nSPS) is 19.5. The average Bonchev–Trinajstić information content (AvgIpc) is 2.98. The first-order chi connectivity index (χ1) is 11.5. The van der Waals surface area contributed by atoms with Crippen LogP contribution in [0.25, 0.3) is 0 Å². The van der Waals surface area contributed by atoms with Gasteiger partial charge in [0.1, 0.15) is 5.82 Å². The minimum atomic E-state index is -1.14. The first-order valence-corrected chi connectivity index (χ1v) is 7.89. The Morgan fingerprint density at radius 3 is 2.75 bits per heavy atom. The molecule has 0 fully saturated rings. The van der Waals surface area contributed by atoms with Crippen molar-refractivity contribution in [3.05, 3.63) is 70.5 Å². The molecule has 1 unspecified atom stereocenters. The lowest BCUT2D eigenvalue weighted by Crippen LogP contribution is -2.44. The molecule has 1 atom stereocenters. The Balaban J connectivity index is 1.66. The van der Waals surface area contributed by atoms with Crippen LogP contribution in [0, 0.1) is 5.82 Å². The molecule has 0 saturated heterocycles. The number of halogens is 2. The summed E-state index contributed by atoms with van der Waals surface area (Å²) in [6.07, 6.45) is 0.292. The lowest BCUT2D eigenvalue weighted by molar-refractivity contribution is -0.141. The van der Waals surface area contributed by atoms with Gasteiger partial charge >= 0.3 is 0 Å². The SMILES string of the molecule is CC1(C(=O)NCc2ccccc2F)CC(c2ccccc2Cl)=NO1. The second kappa shape index (κ2) is 6.61. The van der Waals surface area contributed by atoms with Gasteiger partial charge in [-0.05, 0) is 19.1 Å². The van der Waals surface area contributed by atoms with Crippen molar-refractivity contribution < 1.29 is 14.0 Å². The summed E-state index contributed by atoms with van der Waals surface area (Å²) in [5.74, 6) is -0.708. The lowest BCUT2D eigenvalue weighted by Gasteiger charge is -2.20. The van der Waals surface area contributed by atoms with Gasteiger partial charge in [-0.2, -0.15) is 0 Å². The topological polar surface area (TPSA) is 50.7 Å². The molecule has 1 heterocycles. The van der Waals surface area contributed by atoms with E-state index in [2.05, 4.69) is 10.5 Å². The van der Waals surface area contributed by atoms with E-state index in [0.29, 0.717) is 22.7 Å². The van der Waals surface area contributed by atoms with Gasteiger partial charge in [-0.3, -0.25) is 4.79 Å². The zero-order valence-corrected chi connectivity index (χ0v) is 13.8. The quantitative estimate of drug-likeness (QED) is 0.918. The molecular formula is C18H16ClFN2O2. The summed E-state index contributed by atoms with van der Waals surface area (Å²) in [6, 6.07) is 13.6. The third-order valence-corrected chi connectivity index (χ3v) is 4.25. The van der Waals surface area contributed by atoms with Gasteiger partial charge < -0.3 is 10.2 Å². The maximum Gasteiger partial charge on any atom is 0.267 e. The largest absolute Gasteiger partial charge is 0.379 e. The average molecular weight is 347 g/mol. The Hall–Kier alpha value is -2.40. The zero-order valence-electron chi connectivity index (χ0n) is 13.1. The van der Waals surface area contributed by atoms with Gasteiger partial charge in [-0.25, -0.2) is 4.39 Å². The van der Waals surface area contributed by atoms with Gasteiger partial charge in [0.05, 0.1) is 5.71 Å². The molecule has 0 aromatic heterocycles. The fourth-order valence-corrected chi connectivity index (χ4v) is 2.75. The summed E-state index contributed by atoms with van der Waals surface area (Å²) in [7, 11) is 0. The molecule has 0 saturated carbocycles. The van der Waals surface area contributed by atoms with Crippen LogP contribution in [0.4, 0.5) is 4.39 Å². The second-order valence-electron chi connectivity index (χ2n) is 5.79. The van der Waals surface area contributed by atoms with Crippen molar-refractivity contribution in [3.63, 3.8) is 0 Å². The van der Waals surface area contributed by atoms with Gasteiger partial charge in [-0.1, -0.05) is 53.2 Å². The minimum Gasteiger partial charge on any atom is -0.379 e. The molecule has 1 N–H and O–H groups in total. The van der Waals surface area contributed by atoms with Crippen LogP contribution in [-0.2, 0) is 16.2 Å². The van der Waals surface area contributed by atoms with Crippen molar-refractivity contribution in [2.24, 2.45) is 5.16 Å². The first kappa shape index (κ1) is 16.5. The summed E-state index contributed by atoms with van der Waals surface area (Å²) >= 11 is 6.16. The van der Waals surface area contributed by atoms with Crippen LogP contribution < -0.4 is 5.32 Å². The standard InChI is InChI=1S/C18H16ClFN2O2/c1-18(17(23)21-11-12-6-2-5-9-15(12)20)10-16(22-24-18)13-7-3-4-8-14(13)19/h2-9H,10-11H2,1H3,(H,21,23). The molecular weight excluding hydrogens is 331 g/mol. The Kier molecular flexibility index (Phi) is 4.53. The number of carbonyl (C=O) groups excluding carboxylic acids is 1. The maximum absolute atomic E-state index is 13.6. The fourth-order valence-electron chi connectivity index (χ4n) is 2.51. The summed E-state index contributed by atoms with van der Waals surface area (Å²) in [5, 5.41) is 7.26. The summed E-state index contributed by atoms with van der Waals surface area (Å²) in [6.45, 7) is 1.74. The number of carbonyl (C=O) groups is 1. The highest BCUT2D eigenvalue weighted by Gasteiger charge is 2.42. The molecule has 2 aromatic carbocycles. The summed E-state index contributed by atoms with van der Waals surface area (Å²) in [5.41, 5.74) is 0.633. The van der Waals surface area contributed by atoms with Gasteiger partial charge in [0.15, 0.2) is 0 Å². The molecule has 1 aliphatic heterocycles. The van der Waals surface area contributed by atoms with Crippen LogP contribution in [0.5, 0.6) is 0 Å². The van der Waals surface area contributed by atoms with Gasteiger partial charge in [0.2, 0.25) is 5.60 Å². The predicted octanol–water partition coefficient (Wildman–Crippen LogP) is 3.68. The van der Waals surface area contributed by atoms with E-state index in [9.17, 15) is 9.18 Å². The van der Waals surface area contributed by atoms with Crippen molar-refractivity contribution in [1.82, 2.24) is 5.32 Å². The highest BCUT2D eigenvalue weighted by Crippen LogP contribution is 2.29. The fraction of sp³-hybridized carbons (Fsp3) is 0.222. The molecule has 4 nitrogen and oxygen atoms in total. The first-order valence-electron chi connectivity index (χ1n) is 7.51. The number of amides is 1. The molecule has 3 rings (SSSR count). The Labute approximate surface area is 144 Å². The van der Waals surface area contributed by atoms with E-state index in [1.807, 2.05) is 18.2 Å². The molecule has 2 aromatic rings. The van der Waals surface area contributed by atoms with Crippen molar-refractivity contribution in [2.75, 3.05) is 0 Å². The number of oxime groups is 1. The highest BCUT2D eigenvalue weighted by atomic mass is 35.5. The van der Waals surface area contributed by atoms with Gasteiger partial charge in [0.25, 0.3) is 5.91 Å². The zero-order chi connectivity index (χ0) is 17.2. The number of hydrogen-bond donors (Lipinski definition) is 1. The molecule has 24 heavy (non-hydrogen) atoms. The monoisotopic (exact) mass is 346 g/mol.